The summed E-state index contributed by atoms with van der Waals surface area (Å²) in [5.74, 6) is -1.99. The van der Waals surface area contributed by atoms with Crippen molar-refractivity contribution in [3.63, 3.8) is 0 Å². The molecule has 0 heterocycles. The first-order valence-electron chi connectivity index (χ1n) is 5.71. The minimum atomic E-state index is -1.43. The Balaban J connectivity index is 2.74. The highest BCUT2D eigenvalue weighted by Gasteiger charge is 2.67. The summed E-state index contributed by atoms with van der Waals surface area (Å²) in [7, 11) is 0. The van der Waals surface area contributed by atoms with Crippen molar-refractivity contribution in [2.24, 2.45) is 11.3 Å². The van der Waals surface area contributed by atoms with Crippen molar-refractivity contribution in [1.29, 1.82) is 0 Å². The van der Waals surface area contributed by atoms with Crippen LogP contribution in [0.2, 0.25) is 0 Å². The van der Waals surface area contributed by atoms with Crippen molar-refractivity contribution >= 4 is 18.1 Å². The number of rotatable bonds is 5. The molecule has 1 fully saturated rings. The van der Waals surface area contributed by atoms with Gasteiger partial charge in [0.15, 0.2) is 5.41 Å². The van der Waals surface area contributed by atoms with Crippen LogP contribution in [0.4, 0.5) is 4.79 Å². The SMILES string of the molecule is C=C[C@@H]1C[C@@]1(C(=O)OCC)C(=O)OC(=O)OCC. The number of ether oxygens (including phenoxy) is 3. The van der Waals surface area contributed by atoms with Crippen molar-refractivity contribution in [3.05, 3.63) is 12.7 Å². The fourth-order valence-electron chi connectivity index (χ4n) is 1.70. The van der Waals surface area contributed by atoms with Gasteiger partial charge in [0, 0.05) is 5.92 Å². The molecule has 0 unspecified atom stereocenters. The number of carbonyl (C=O) groups excluding carboxylic acids is 3. The van der Waals surface area contributed by atoms with Gasteiger partial charge in [-0.3, -0.25) is 9.59 Å². The Morgan fingerprint density at radius 3 is 2.28 bits per heavy atom. The zero-order valence-corrected chi connectivity index (χ0v) is 10.4. The maximum Gasteiger partial charge on any atom is 0.516 e. The Labute approximate surface area is 105 Å². The van der Waals surface area contributed by atoms with E-state index in [1.54, 1.807) is 13.8 Å². The van der Waals surface area contributed by atoms with E-state index in [4.69, 9.17) is 4.74 Å². The quantitative estimate of drug-likeness (QED) is 0.420. The van der Waals surface area contributed by atoms with E-state index >= 15 is 0 Å². The van der Waals surface area contributed by atoms with Gasteiger partial charge >= 0.3 is 18.1 Å². The fourth-order valence-corrected chi connectivity index (χ4v) is 1.70. The van der Waals surface area contributed by atoms with Crippen LogP contribution in [0.25, 0.3) is 0 Å². The van der Waals surface area contributed by atoms with Gasteiger partial charge in [-0.2, -0.15) is 0 Å². The van der Waals surface area contributed by atoms with Gasteiger partial charge in [0.05, 0.1) is 13.2 Å². The molecule has 0 radical (unpaired) electrons. The fraction of sp³-hybridized carbons (Fsp3) is 0.583. The van der Waals surface area contributed by atoms with E-state index in [0.717, 1.165) is 0 Å². The van der Waals surface area contributed by atoms with Crippen LogP contribution in [0.15, 0.2) is 12.7 Å². The Morgan fingerprint density at radius 1 is 1.22 bits per heavy atom. The zero-order valence-electron chi connectivity index (χ0n) is 10.4. The van der Waals surface area contributed by atoms with Gasteiger partial charge in [-0.25, -0.2) is 4.79 Å². The average Bonchev–Trinajstić information content (AvgIpc) is 3.05. The van der Waals surface area contributed by atoms with Crippen LogP contribution < -0.4 is 0 Å². The van der Waals surface area contributed by atoms with Gasteiger partial charge in [0.1, 0.15) is 0 Å². The van der Waals surface area contributed by atoms with Crippen LogP contribution in [-0.4, -0.2) is 31.3 Å². The summed E-state index contributed by atoms with van der Waals surface area (Å²) in [6.07, 6.45) is 0.609. The van der Waals surface area contributed by atoms with E-state index in [2.05, 4.69) is 16.1 Å². The third kappa shape index (κ3) is 2.52. The largest absolute Gasteiger partial charge is 0.516 e. The number of carbonyl (C=O) groups is 3. The second-order valence-electron chi connectivity index (χ2n) is 3.81. The molecule has 0 bridgehead atoms. The Kier molecular flexibility index (Phi) is 4.47. The van der Waals surface area contributed by atoms with E-state index in [0.29, 0.717) is 0 Å². The molecule has 6 heteroatoms. The lowest BCUT2D eigenvalue weighted by Gasteiger charge is -2.13. The topological polar surface area (TPSA) is 78.9 Å². The van der Waals surface area contributed by atoms with Gasteiger partial charge in [-0.1, -0.05) is 6.08 Å². The second kappa shape index (κ2) is 5.66. The maximum atomic E-state index is 11.8. The average molecular weight is 256 g/mol. The molecule has 1 rings (SSSR count). The normalized spacial score (nSPS) is 24.9. The summed E-state index contributed by atoms with van der Waals surface area (Å²) in [5, 5.41) is 0. The summed E-state index contributed by atoms with van der Waals surface area (Å²) in [6, 6.07) is 0. The van der Waals surface area contributed by atoms with Crippen molar-refractivity contribution in [2.75, 3.05) is 13.2 Å². The summed E-state index contributed by atoms with van der Waals surface area (Å²) in [4.78, 5) is 34.6. The molecule has 0 spiro atoms. The summed E-state index contributed by atoms with van der Waals surface area (Å²) < 4.78 is 13.8. The Bertz CT molecular complexity index is 375. The Hall–Kier alpha value is -1.85. The molecule has 18 heavy (non-hydrogen) atoms. The molecule has 0 saturated heterocycles. The zero-order chi connectivity index (χ0) is 13.8. The van der Waals surface area contributed by atoms with Crippen molar-refractivity contribution in [1.82, 2.24) is 0 Å². The van der Waals surface area contributed by atoms with Crippen LogP contribution >= 0.6 is 0 Å². The van der Waals surface area contributed by atoms with E-state index in [9.17, 15) is 14.4 Å². The van der Waals surface area contributed by atoms with Gasteiger partial charge in [-0.15, -0.1) is 6.58 Å². The molecule has 0 aromatic rings. The second-order valence-corrected chi connectivity index (χ2v) is 3.81. The van der Waals surface area contributed by atoms with E-state index in [-0.39, 0.29) is 25.6 Å². The maximum absolute atomic E-state index is 11.8. The summed E-state index contributed by atoms with van der Waals surface area (Å²) in [5.41, 5.74) is -1.43. The molecule has 0 N–H and O–H groups in total. The van der Waals surface area contributed by atoms with Gasteiger partial charge in [-0.05, 0) is 20.3 Å². The minimum Gasteiger partial charge on any atom is -0.465 e. The first-order valence-corrected chi connectivity index (χ1v) is 5.71. The van der Waals surface area contributed by atoms with Crippen LogP contribution in [0.1, 0.15) is 20.3 Å². The number of hydrogen-bond acceptors (Lipinski definition) is 6. The third-order valence-corrected chi connectivity index (χ3v) is 2.74. The number of hydrogen-bond donors (Lipinski definition) is 0. The van der Waals surface area contributed by atoms with Crippen LogP contribution in [0.5, 0.6) is 0 Å². The molecule has 1 saturated carbocycles. The molecule has 1 aliphatic rings. The third-order valence-electron chi connectivity index (χ3n) is 2.74. The van der Waals surface area contributed by atoms with E-state index in [1.807, 2.05) is 0 Å². The minimum absolute atomic E-state index is 0.0867. The van der Waals surface area contributed by atoms with E-state index < -0.39 is 23.5 Å². The lowest BCUT2D eigenvalue weighted by Crippen LogP contribution is -2.33. The number of esters is 2. The predicted octanol–water partition coefficient (Wildman–Crippen LogP) is 1.44. The van der Waals surface area contributed by atoms with Crippen molar-refractivity contribution in [2.45, 2.75) is 20.3 Å². The van der Waals surface area contributed by atoms with E-state index in [1.165, 1.54) is 6.08 Å². The van der Waals surface area contributed by atoms with Crippen LogP contribution in [-0.2, 0) is 23.8 Å². The highest BCUT2D eigenvalue weighted by molar-refractivity contribution is 6.06. The molecule has 2 atom stereocenters. The highest BCUT2D eigenvalue weighted by atomic mass is 16.7. The van der Waals surface area contributed by atoms with Gasteiger partial charge in [0.2, 0.25) is 0 Å². The summed E-state index contributed by atoms with van der Waals surface area (Å²) >= 11 is 0. The monoisotopic (exact) mass is 256 g/mol. The standard InChI is InChI=1S/C12H16O6/c1-4-8-7-12(8,9(13)16-5-2)10(14)18-11(15)17-6-3/h4,8H,1,5-7H2,2-3H3/t8-,12-/m1/s1. The lowest BCUT2D eigenvalue weighted by atomic mass is 10.0. The number of allylic oxidation sites excluding steroid dienone is 1. The smallest absolute Gasteiger partial charge is 0.465 e. The predicted molar refractivity (Wildman–Crippen MR) is 60.5 cm³/mol. The van der Waals surface area contributed by atoms with Crippen molar-refractivity contribution < 1.29 is 28.6 Å². The van der Waals surface area contributed by atoms with Crippen molar-refractivity contribution in [3.8, 4) is 0 Å². The molecular formula is C12H16O6. The van der Waals surface area contributed by atoms with Gasteiger partial charge in [0.25, 0.3) is 0 Å². The molecule has 0 aromatic heterocycles. The molecule has 1 aliphatic carbocycles. The molecular weight excluding hydrogens is 240 g/mol. The first kappa shape index (κ1) is 14.2. The highest BCUT2D eigenvalue weighted by Crippen LogP contribution is 2.55. The lowest BCUT2D eigenvalue weighted by molar-refractivity contribution is -0.162. The van der Waals surface area contributed by atoms with Gasteiger partial charge < -0.3 is 14.2 Å². The molecule has 0 aromatic carbocycles. The summed E-state index contributed by atoms with van der Waals surface area (Å²) in [6.45, 7) is 6.98. The molecule has 6 nitrogen and oxygen atoms in total. The van der Waals surface area contributed by atoms with Crippen LogP contribution in [0.3, 0.4) is 0 Å². The molecule has 100 valence electrons. The molecule has 0 aliphatic heterocycles. The van der Waals surface area contributed by atoms with Crippen LogP contribution in [0, 0.1) is 11.3 Å². The first-order chi connectivity index (χ1) is 8.52. The molecule has 0 amide bonds. The Morgan fingerprint density at radius 2 is 1.83 bits per heavy atom.